The van der Waals surface area contributed by atoms with Gasteiger partial charge in [0.25, 0.3) is 0 Å². The number of fused-ring (bicyclic) bond motifs is 1. The van der Waals surface area contributed by atoms with E-state index in [2.05, 4.69) is 11.9 Å². The van der Waals surface area contributed by atoms with Crippen molar-refractivity contribution in [3.05, 3.63) is 46.8 Å². The van der Waals surface area contributed by atoms with Crippen LogP contribution in [0, 0.1) is 6.92 Å². The number of carbonyl (C=O) groups excluding carboxylic acids is 1. The van der Waals surface area contributed by atoms with Crippen LogP contribution in [-0.2, 0) is 4.79 Å². The summed E-state index contributed by atoms with van der Waals surface area (Å²) in [5.41, 5.74) is 0.732. The normalized spacial score (nSPS) is 10.3. The average Bonchev–Trinajstić information content (AvgIpc) is 2.30. The molecule has 2 N–H and O–H groups in total. The Balaban J connectivity index is 2.64. The first kappa shape index (κ1) is 11.9. The number of phenolic OH excluding ortho intramolecular Hbond substituents is 1. The predicted octanol–water partition coefficient (Wildman–Crippen LogP) is 1.93. The van der Waals surface area contributed by atoms with Crippen molar-refractivity contribution in [2.24, 2.45) is 0 Å². The van der Waals surface area contributed by atoms with Gasteiger partial charge in [-0.15, -0.1) is 0 Å². The molecule has 1 aromatic heterocycles. The number of carbonyl (C=O) groups is 1. The van der Waals surface area contributed by atoms with Gasteiger partial charge < -0.3 is 14.8 Å². The SMILES string of the molecule is C=CC(=O)Nc1cc2c(C)cc(=O)oc2cc1O. The van der Waals surface area contributed by atoms with E-state index in [1.807, 2.05) is 0 Å². The van der Waals surface area contributed by atoms with Crippen LogP contribution in [0.2, 0.25) is 0 Å². The summed E-state index contributed by atoms with van der Waals surface area (Å²) in [5, 5.41) is 12.8. The third kappa shape index (κ3) is 2.10. The summed E-state index contributed by atoms with van der Waals surface area (Å²) in [6, 6.07) is 4.19. The monoisotopic (exact) mass is 245 g/mol. The lowest BCUT2D eigenvalue weighted by atomic mass is 10.1. The van der Waals surface area contributed by atoms with Crippen LogP contribution in [-0.4, -0.2) is 11.0 Å². The predicted molar refractivity (Wildman–Crippen MR) is 67.7 cm³/mol. The molecule has 1 aromatic carbocycles. The standard InChI is InChI=1S/C13H11NO4/c1-3-12(16)14-9-5-8-7(2)4-13(17)18-11(8)6-10(9)15/h3-6,15H,1H2,2H3,(H,14,16). The molecule has 0 radical (unpaired) electrons. The minimum atomic E-state index is -0.484. The molecule has 0 bridgehead atoms. The Labute approximate surface area is 102 Å². The molecule has 0 aliphatic rings. The van der Waals surface area contributed by atoms with E-state index in [4.69, 9.17) is 4.42 Å². The molecule has 92 valence electrons. The highest BCUT2D eigenvalue weighted by Gasteiger charge is 2.09. The number of phenols is 1. The van der Waals surface area contributed by atoms with Crippen molar-refractivity contribution in [3.63, 3.8) is 0 Å². The summed E-state index contributed by atoms with van der Waals surface area (Å²) < 4.78 is 4.96. The second-order valence-electron chi connectivity index (χ2n) is 3.81. The van der Waals surface area contributed by atoms with E-state index in [0.29, 0.717) is 10.9 Å². The molecular weight excluding hydrogens is 234 g/mol. The molecule has 0 fully saturated rings. The van der Waals surface area contributed by atoms with Gasteiger partial charge in [-0.25, -0.2) is 4.79 Å². The fraction of sp³-hybridized carbons (Fsp3) is 0.0769. The first-order valence-corrected chi connectivity index (χ1v) is 5.22. The zero-order valence-corrected chi connectivity index (χ0v) is 9.69. The minimum Gasteiger partial charge on any atom is -0.506 e. The Hall–Kier alpha value is -2.56. The second kappa shape index (κ2) is 4.37. The molecule has 0 atom stereocenters. The fourth-order valence-corrected chi connectivity index (χ4v) is 1.64. The van der Waals surface area contributed by atoms with Crippen molar-refractivity contribution in [1.29, 1.82) is 0 Å². The fourth-order valence-electron chi connectivity index (χ4n) is 1.64. The summed E-state index contributed by atoms with van der Waals surface area (Å²) in [4.78, 5) is 22.4. The Bertz CT molecular complexity index is 700. The lowest BCUT2D eigenvalue weighted by Crippen LogP contribution is -2.07. The molecule has 0 saturated heterocycles. The maximum absolute atomic E-state index is 11.2. The maximum atomic E-state index is 11.2. The van der Waals surface area contributed by atoms with E-state index in [0.717, 1.165) is 6.08 Å². The van der Waals surface area contributed by atoms with Crippen LogP contribution in [0.15, 0.2) is 40.1 Å². The number of hydrogen-bond donors (Lipinski definition) is 2. The van der Waals surface area contributed by atoms with Gasteiger partial charge in [0, 0.05) is 17.5 Å². The van der Waals surface area contributed by atoms with E-state index >= 15 is 0 Å². The molecule has 1 amide bonds. The summed E-state index contributed by atoms with van der Waals surface area (Å²) in [7, 11) is 0. The van der Waals surface area contributed by atoms with Crippen LogP contribution < -0.4 is 10.9 Å². The van der Waals surface area contributed by atoms with E-state index < -0.39 is 11.5 Å². The van der Waals surface area contributed by atoms with Gasteiger partial charge in [0.05, 0.1) is 5.69 Å². The number of rotatable bonds is 2. The third-order valence-electron chi connectivity index (χ3n) is 2.51. The van der Waals surface area contributed by atoms with Gasteiger partial charge >= 0.3 is 5.63 Å². The number of aromatic hydroxyl groups is 1. The molecule has 1 heterocycles. The van der Waals surface area contributed by atoms with Crippen LogP contribution in [0.5, 0.6) is 5.75 Å². The summed E-state index contributed by atoms with van der Waals surface area (Å²) in [5.74, 6) is -0.605. The average molecular weight is 245 g/mol. The zero-order chi connectivity index (χ0) is 13.3. The summed E-state index contributed by atoms with van der Waals surface area (Å²) in [6.07, 6.45) is 1.10. The molecule has 0 saturated carbocycles. The maximum Gasteiger partial charge on any atom is 0.336 e. The van der Waals surface area contributed by atoms with Crippen LogP contribution in [0.1, 0.15) is 5.56 Å². The van der Waals surface area contributed by atoms with Gasteiger partial charge in [-0.2, -0.15) is 0 Å². The Morgan fingerprint density at radius 2 is 2.17 bits per heavy atom. The van der Waals surface area contributed by atoms with Crippen molar-refractivity contribution in [3.8, 4) is 5.75 Å². The highest BCUT2D eigenvalue weighted by molar-refractivity contribution is 6.01. The van der Waals surface area contributed by atoms with Gasteiger partial charge in [0.2, 0.25) is 5.91 Å². The number of anilines is 1. The van der Waals surface area contributed by atoms with E-state index in [-0.39, 0.29) is 17.0 Å². The van der Waals surface area contributed by atoms with Gasteiger partial charge in [-0.3, -0.25) is 4.79 Å². The van der Waals surface area contributed by atoms with E-state index in [1.165, 1.54) is 12.1 Å². The van der Waals surface area contributed by atoms with Crippen molar-refractivity contribution >= 4 is 22.6 Å². The Morgan fingerprint density at radius 1 is 1.44 bits per heavy atom. The van der Waals surface area contributed by atoms with Crippen molar-refractivity contribution in [2.75, 3.05) is 5.32 Å². The highest BCUT2D eigenvalue weighted by Crippen LogP contribution is 2.30. The molecule has 0 unspecified atom stereocenters. The number of amides is 1. The molecule has 5 nitrogen and oxygen atoms in total. The van der Waals surface area contributed by atoms with Crippen LogP contribution in [0.4, 0.5) is 5.69 Å². The first-order chi connectivity index (χ1) is 8.51. The zero-order valence-electron chi connectivity index (χ0n) is 9.69. The van der Waals surface area contributed by atoms with Crippen molar-refractivity contribution in [1.82, 2.24) is 0 Å². The van der Waals surface area contributed by atoms with Gasteiger partial charge in [-0.05, 0) is 24.6 Å². The molecule has 2 aromatic rings. The number of hydrogen-bond acceptors (Lipinski definition) is 4. The molecule has 0 aliphatic carbocycles. The van der Waals surface area contributed by atoms with Crippen LogP contribution >= 0.6 is 0 Å². The highest BCUT2D eigenvalue weighted by atomic mass is 16.4. The Kier molecular flexibility index (Phi) is 2.89. The van der Waals surface area contributed by atoms with Crippen LogP contribution in [0.25, 0.3) is 11.0 Å². The molecular formula is C13H11NO4. The summed E-state index contributed by atoms with van der Waals surface area (Å²) >= 11 is 0. The Morgan fingerprint density at radius 3 is 2.83 bits per heavy atom. The second-order valence-corrected chi connectivity index (χ2v) is 3.81. The topological polar surface area (TPSA) is 79.5 Å². The first-order valence-electron chi connectivity index (χ1n) is 5.22. The van der Waals surface area contributed by atoms with E-state index in [9.17, 15) is 14.7 Å². The number of aryl methyl sites for hydroxylation is 1. The molecule has 18 heavy (non-hydrogen) atoms. The number of benzene rings is 1. The summed E-state index contributed by atoms with van der Waals surface area (Å²) in [6.45, 7) is 5.07. The van der Waals surface area contributed by atoms with Gasteiger partial charge in [0.15, 0.2) is 0 Å². The molecule has 5 heteroatoms. The quantitative estimate of drug-likeness (QED) is 0.481. The lowest BCUT2D eigenvalue weighted by molar-refractivity contribution is -0.111. The lowest BCUT2D eigenvalue weighted by Gasteiger charge is -2.07. The molecule has 0 spiro atoms. The smallest absolute Gasteiger partial charge is 0.336 e. The van der Waals surface area contributed by atoms with Gasteiger partial charge in [0.1, 0.15) is 11.3 Å². The minimum absolute atomic E-state index is 0.175. The number of nitrogens with one attached hydrogen (secondary N) is 1. The molecule has 2 rings (SSSR count). The third-order valence-corrected chi connectivity index (χ3v) is 2.51. The largest absolute Gasteiger partial charge is 0.506 e. The van der Waals surface area contributed by atoms with Crippen molar-refractivity contribution in [2.45, 2.75) is 6.92 Å². The van der Waals surface area contributed by atoms with Crippen molar-refractivity contribution < 1.29 is 14.3 Å². The van der Waals surface area contributed by atoms with Crippen LogP contribution in [0.3, 0.4) is 0 Å². The molecule has 0 aliphatic heterocycles. The van der Waals surface area contributed by atoms with Gasteiger partial charge in [-0.1, -0.05) is 6.58 Å². The van der Waals surface area contributed by atoms with E-state index in [1.54, 1.807) is 13.0 Å².